The minimum absolute atomic E-state index is 0.133. The molecule has 2 atom stereocenters. The van der Waals surface area contributed by atoms with Crippen molar-refractivity contribution in [1.29, 1.82) is 0 Å². The van der Waals surface area contributed by atoms with Gasteiger partial charge in [-0.05, 0) is 22.6 Å². The highest BCUT2D eigenvalue weighted by atomic mass is 16.5. The van der Waals surface area contributed by atoms with Crippen LogP contribution in [-0.2, 0) is 11.3 Å². The van der Waals surface area contributed by atoms with Gasteiger partial charge in [0.2, 0.25) is 0 Å². The summed E-state index contributed by atoms with van der Waals surface area (Å²) in [6, 6.07) is 20.0. The number of hydrogen-bond donors (Lipinski definition) is 4. The van der Waals surface area contributed by atoms with E-state index < -0.39 is 18.3 Å². The number of nitrogen functional groups attached to an aromatic ring is 1. The maximum Gasteiger partial charge on any atom is 0.407 e. The molecule has 3 aromatic rings. The molecule has 0 bridgehead atoms. The van der Waals surface area contributed by atoms with Crippen molar-refractivity contribution in [3.63, 3.8) is 0 Å². The Labute approximate surface area is 157 Å². The van der Waals surface area contributed by atoms with Crippen molar-refractivity contribution in [2.75, 3.05) is 12.3 Å². The van der Waals surface area contributed by atoms with Crippen molar-refractivity contribution in [1.82, 2.24) is 5.32 Å². The van der Waals surface area contributed by atoms with Gasteiger partial charge in [-0.15, -0.1) is 0 Å². The summed E-state index contributed by atoms with van der Waals surface area (Å²) in [6.45, 7) is -0.0125. The molecule has 0 aliphatic heterocycles. The van der Waals surface area contributed by atoms with Crippen molar-refractivity contribution in [3.05, 3.63) is 77.9 Å². The first-order valence-corrected chi connectivity index (χ1v) is 8.64. The van der Waals surface area contributed by atoms with Crippen molar-refractivity contribution < 1.29 is 19.7 Å². The Morgan fingerprint density at radius 2 is 1.63 bits per heavy atom. The highest BCUT2D eigenvalue weighted by molar-refractivity contribution is 5.95. The average Bonchev–Trinajstić information content (AvgIpc) is 2.71. The Balaban J connectivity index is 1.59. The summed E-state index contributed by atoms with van der Waals surface area (Å²) in [5, 5.41) is 24.8. The monoisotopic (exact) mass is 366 g/mol. The predicted octanol–water partition coefficient (Wildman–Crippen LogP) is 2.74. The standard InChI is InChI=1S/C21H22N2O4/c22-18-11-10-17(15-8-4-5-9-16(15)18)20(25)19(24)12-23-21(26)27-13-14-6-2-1-3-7-14/h1-11,19-20,24-25H,12-13,22H2,(H,23,26). The topological polar surface area (TPSA) is 105 Å². The predicted molar refractivity (Wildman–Crippen MR) is 104 cm³/mol. The van der Waals surface area contributed by atoms with Crippen LogP contribution in [-0.4, -0.2) is 29.0 Å². The van der Waals surface area contributed by atoms with E-state index in [-0.39, 0.29) is 13.2 Å². The van der Waals surface area contributed by atoms with Gasteiger partial charge in [0.15, 0.2) is 0 Å². The van der Waals surface area contributed by atoms with Gasteiger partial charge in [-0.1, -0.05) is 60.7 Å². The number of rotatable bonds is 6. The second kappa shape index (κ2) is 8.53. The van der Waals surface area contributed by atoms with Gasteiger partial charge in [0, 0.05) is 17.6 Å². The average molecular weight is 366 g/mol. The van der Waals surface area contributed by atoms with Gasteiger partial charge in [0.05, 0.1) is 0 Å². The molecule has 6 heteroatoms. The molecule has 2 unspecified atom stereocenters. The third kappa shape index (κ3) is 4.55. The van der Waals surface area contributed by atoms with Crippen LogP contribution in [0.5, 0.6) is 0 Å². The second-order valence-corrected chi connectivity index (χ2v) is 6.24. The van der Waals surface area contributed by atoms with E-state index in [1.54, 1.807) is 12.1 Å². The van der Waals surface area contributed by atoms with Gasteiger partial charge in [-0.2, -0.15) is 0 Å². The summed E-state index contributed by atoms with van der Waals surface area (Å²) in [4.78, 5) is 11.8. The molecule has 0 saturated carbocycles. The quantitative estimate of drug-likeness (QED) is 0.502. The first-order chi connectivity index (χ1) is 13.1. The SMILES string of the molecule is Nc1ccc(C(O)C(O)CNC(=O)OCc2ccccc2)c2ccccc12. The summed E-state index contributed by atoms with van der Waals surface area (Å²) in [7, 11) is 0. The van der Waals surface area contributed by atoms with Gasteiger partial charge in [-0.25, -0.2) is 4.79 Å². The number of amides is 1. The van der Waals surface area contributed by atoms with E-state index in [0.717, 1.165) is 16.3 Å². The van der Waals surface area contributed by atoms with Crippen LogP contribution in [0, 0.1) is 0 Å². The van der Waals surface area contributed by atoms with Gasteiger partial charge < -0.3 is 26.0 Å². The molecule has 1 amide bonds. The van der Waals surface area contributed by atoms with Crippen molar-refractivity contribution in [2.45, 2.75) is 18.8 Å². The molecule has 3 rings (SSSR count). The Bertz CT molecular complexity index is 914. The van der Waals surface area contributed by atoms with Crippen LogP contribution in [0.2, 0.25) is 0 Å². The molecule has 0 radical (unpaired) electrons. The number of hydrogen-bond acceptors (Lipinski definition) is 5. The number of aliphatic hydroxyl groups excluding tert-OH is 2. The molecule has 0 spiro atoms. The lowest BCUT2D eigenvalue weighted by Gasteiger charge is -2.20. The maximum absolute atomic E-state index is 11.8. The number of carbonyl (C=O) groups excluding carboxylic acids is 1. The van der Waals surface area contributed by atoms with E-state index >= 15 is 0 Å². The van der Waals surface area contributed by atoms with Gasteiger partial charge in [0.1, 0.15) is 18.8 Å². The first kappa shape index (κ1) is 18.7. The lowest BCUT2D eigenvalue weighted by molar-refractivity contribution is 0.0192. The van der Waals surface area contributed by atoms with Gasteiger partial charge in [-0.3, -0.25) is 0 Å². The zero-order valence-electron chi connectivity index (χ0n) is 14.7. The van der Waals surface area contributed by atoms with E-state index in [9.17, 15) is 15.0 Å². The Kier molecular flexibility index (Phi) is 5.90. The second-order valence-electron chi connectivity index (χ2n) is 6.24. The molecule has 0 aliphatic rings. The number of nitrogens with one attached hydrogen (secondary N) is 1. The van der Waals surface area contributed by atoms with Crippen molar-refractivity contribution >= 4 is 22.6 Å². The molecule has 140 valence electrons. The van der Waals surface area contributed by atoms with Crippen LogP contribution in [0.4, 0.5) is 10.5 Å². The van der Waals surface area contributed by atoms with Crippen LogP contribution < -0.4 is 11.1 Å². The zero-order chi connectivity index (χ0) is 19.2. The van der Waals surface area contributed by atoms with E-state index in [0.29, 0.717) is 11.3 Å². The Morgan fingerprint density at radius 3 is 2.37 bits per heavy atom. The van der Waals surface area contributed by atoms with E-state index in [4.69, 9.17) is 10.5 Å². The minimum Gasteiger partial charge on any atom is -0.445 e. The molecule has 3 aromatic carbocycles. The fourth-order valence-electron chi connectivity index (χ4n) is 2.88. The van der Waals surface area contributed by atoms with Crippen LogP contribution in [0.1, 0.15) is 17.2 Å². The van der Waals surface area contributed by atoms with Crippen LogP contribution in [0.15, 0.2) is 66.7 Å². The van der Waals surface area contributed by atoms with Crippen molar-refractivity contribution in [3.8, 4) is 0 Å². The lowest BCUT2D eigenvalue weighted by atomic mass is 9.96. The number of fused-ring (bicyclic) bond motifs is 1. The van der Waals surface area contributed by atoms with Gasteiger partial charge >= 0.3 is 6.09 Å². The molecule has 0 saturated heterocycles. The van der Waals surface area contributed by atoms with E-state index in [2.05, 4.69) is 5.32 Å². The van der Waals surface area contributed by atoms with Gasteiger partial charge in [0.25, 0.3) is 0 Å². The number of nitrogens with two attached hydrogens (primary N) is 1. The molecule has 5 N–H and O–H groups in total. The van der Waals surface area contributed by atoms with Crippen LogP contribution in [0.25, 0.3) is 10.8 Å². The Morgan fingerprint density at radius 1 is 0.963 bits per heavy atom. The summed E-state index contributed by atoms with van der Waals surface area (Å²) in [5.41, 5.74) is 7.97. The fourth-order valence-corrected chi connectivity index (χ4v) is 2.88. The number of aliphatic hydroxyl groups is 2. The van der Waals surface area contributed by atoms with Crippen LogP contribution in [0.3, 0.4) is 0 Å². The third-order valence-corrected chi connectivity index (χ3v) is 4.34. The largest absolute Gasteiger partial charge is 0.445 e. The lowest BCUT2D eigenvalue weighted by Crippen LogP contribution is -2.35. The normalized spacial score (nSPS) is 13.1. The zero-order valence-corrected chi connectivity index (χ0v) is 14.7. The molecule has 0 fully saturated rings. The molecular weight excluding hydrogens is 344 g/mol. The third-order valence-electron chi connectivity index (χ3n) is 4.34. The number of ether oxygens (including phenoxy) is 1. The number of anilines is 1. The number of alkyl carbamates (subject to hydrolysis) is 1. The summed E-state index contributed by atoms with van der Waals surface area (Å²) in [6.07, 6.45) is -3.03. The number of carbonyl (C=O) groups is 1. The highest BCUT2D eigenvalue weighted by Crippen LogP contribution is 2.29. The minimum atomic E-state index is -1.19. The highest BCUT2D eigenvalue weighted by Gasteiger charge is 2.21. The molecule has 0 heterocycles. The van der Waals surface area contributed by atoms with E-state index in [1.165, 1.54) is 0 Å². The smallest absolute Gasteiger partial charge is 0.407 e. The Hall–Kier alpha value is -3.09. The molecule has 27 heavy (non-hydrogen) atoms. The van der Waals surface area contributed by atoms with Crippen LogP contribution >= 0.6 is 0 Å². The molecular formula is C21H22N2O4. The van der Waals surface area contributed by atoms with E-state index in [1.807, 2.05) is 54.6 Å². The summed E-state index contributed by atoms with van der Waals surface area (Å²) >= 11 is 0. The summed E-state index contributed by atoms with van der Waals surface area (Å²) < 4.78 is 5.09. The fraction of sp³-hybridized carbons (Fsp3) is 0.190. The molecule has 0 aromatic heterocycles. The number of benzene rings is 3. The molecule has 6 nitrogen and oxygen atoms in total. The maximum atomic E-state index is 11.8. The summed E-state index contributed by atoms with van der Waals surface area (Å²) in [5.74, 6) is 0. The van der Waals surface area contributed by atoms with Crippen molar-refractivity contribution in [2.24, 2.45) is 0 Å². The molecule has 0 aliphatic carbocycles. The first-order valence-electron chi connectivity index (χ1n) is 8.64.